The van der Waals surface area contributed by atoms with E-state index in [2.05, 4.69) is 15.9 Å². The largest absolute Gasteiger partial charge is 0.480 e. The first-order valence-electron chi connectivity index (χ1n) is 3.95. The second-order valence-electron chi connectivity index (χ2n) is 2.79. The molecule has 0 radical (unpaired) electrons. The van der Waals surface area contributed by atoms with Crippen LogP contribution >= 0.6 is 27.7 Å². The number of carboxylic acid groups (broad SMARTS) is 1. The highest BCUT2D eigenvalue weighted by molar-refractivity contribution is 9.10. The lowest BCUT2D eigenvalue weighted by atomic mass is 10.3. The molecule has 3 nitrogen and oxygen atoms in total. The van der Waals surface area contributed by atoms with Gasteiger partial charge in [0.25, 0.3) is 0 Å². The number of rotatable bonds is 3. The van der Waals surface area contributed by atoms with Crippen molar-refractivity contribution in [2.24, 2.45) is 0 Å². The second kappa shape index (κ2) is 4.70. The van der Waals surface area contributed by atoms with Gasteiger partial charge in [-0.1, -0.05) is 0 Å². The molecule has 0 spiro atoms. The highest BCUT2D eigenvalue weighted by Gasteiger charge is 2.13. The van der Waals surface area contributed by atoms with Crippen LogP contribution in [0.1, 0.15) is 6.92 Å². The molecule has 0 bridgehead atoms. The summed E-state index contributed by atoms with van der Waals surface area (Å²) in [6, 6.07) is 5.32. The van der Waals surface area contributed by atoms with E-state index in [0.717, 1.165) is 9.37 Å². The quantitative estimate of drug-likeness (QED) is 0.658. The van der Waals surface area contributed by atoms with E-state index in [4.69, 9.17) is 10.8 Å². The Morgan fingerprint density at radius 3 is 2.79 bits per heavy atom. The van der Waals surface area contributed by atoms with Crippen LogP contribution in [-0.4, -0.2) is 16.3 Å². The predicted molar refractivity (Wildman–Crippen MR) is 61.5 cm³/mol. The maximum absolute atomic E-state index is 10.6. The third-order valence-corrected chi connectivity index (χ3v) is 3.69. The Morgan fingerprint density at radius 2 is 2.29 bits per heavy atom. The normalized spacial score (nSPS) is 12.4. The van der Waals surface area contributed by atoms with E-state index >= 15 is 0 Å². The molecule has 14 heavy (non-hydrogen) atoms. The zero-order chi connectivity index (χ0) is 10.7. The van der Waals surface area contributed by atoms with Crippen LogP contribution in [0, 0.1) is 0 Å². The molecule has 3 N–H and O–H groups in total. The summed E-state index contributed by atoms with van der Waals surface area (Å²) in [5.74, 6) is -0.821. The molecule has 76 valence electrons. The molecule has 1 unspecified atom stereocenters. The van der Waals surface area contributed by atoms with Crippen molar-refractivity contribution in [3.8, 4) is 0 Å². The zero-order valence-corrected chi connectivity index (χ0v) is 9.93. The molecule has 0 amide bonds. The minimum atomic E-state index is -0.821. The third-order valence-electron chi connectivity index (χ3n) is 1.61. The van der Waals surface area contributed by atoms with Gasteiger partial charge in [-0.2, -0.15) is 0 Å². The number of nitrogens with two attached hydrogens (primary N) is 1. The summed E-state index contributed by atoms with van der Waals surface area (Å²) >= 11 is 4.62. The van der Waals surface area contributed by atoms with Crippen LogP contribution in [0.25, 0.3) is 0 Å². The van der Waals surface area contributed by atoms with Gasteiger partial charge in [0.2, 0.25) is 0 Å². The molecule has 0 aliphatic carbocycles. The van der Waals surface area contributed by atoms with E-state index < -0.39 is 11.2 Å². The fourth-order valence-corrected chi connectivity index (χ4v) is 2.33. The Morgan fingerprint density at radius 1 is 1.64 bits per heavy atom. The molecule has 1 aromatic carbocycles. The van der Waals surface area contributed by atoms with Crippen molar-refractivity contribution < 1.29 is 9.90 Å². The number of anilines is 1. The summed E-state index contributed by atoms with van der Waals surface area (Å²) in [5.41, 5.74) is 6.22. The van der Waals surface area contributed by atoms with Gasteiger partial charge in [-0.15, -0.1) is 11.8 Å². The van der Waals surface area contributed by atoms with Crippen molar-refractivity contribution >= 4 is 39.3 Å². The Bertz CT molecular complexity index is 357. The monoisotopic (exact) mass is 275 g/mol. The number of thioether (sulfide) groups is 1. The number of carbonyl (C=O) groups is 1. The first kappa shape index (κ1) is 11.4. The third kappa shape index (κ3) is 2.92. The number of carboxylic acids is 1. The molecule has 0 saturated heterocycles. The van der Waals surface area contributed by atoms with Crippen LogP contribution in [0.5, 0.6) is 0 Å². The fourth-order valence-electron chi connectivity index (χ4n) is 0.854. The highest BCUT2D eigenvalue weighted by Crippen LogP contribution is 2.31. The maximum Gasteiger partial charge on any atom is 0.316 e. The van der Waals surface area contributed by atoms with Gasteiger partial charge in [-0.25, -0.2) is 0 Å². The van der Waals surface area contributed by atoms with Gasteiger partial charge >= 0.3 is 5.97 Å². The number of hydrogen-bond acceptors (Lipinski definition) is 3. The van der Waals surface area contributed by atoms with Crippen molar-refractivity contribution in [2.45, 2.75) is 17.1 Å². The SMILES string of the molecule is CC(Sc1ccc(N)cc1Br)C(=O)O. The molecule has 0 heterocycles. The van der Waals surface area contributed by atoms with Gasteiger partial charge in [-0.05, 0) is 41.1 Å². The number of benzene rings is 1. The molecule has 0 saturated carbocycles. The molecule has 1 aromatic rings. The van der Waals surface area contributed by atoms with E-state index in [1.807, 2.05) is 6.07 Å². The zero-order valence-electron chi connectivity index (χ0n) is 7.53. The van der Waals surface area contributed by atoms with Crippen molar-refractivity contribution in [3.63, 3.8) is 0 Å². The predicted octanol–water partition coefficient (Wildman–Crippen LogP) is 2.60. The van der Waals surface area contributed by atoms with Crippen LogP contribution in [0.4, 0.5) is 5.69 Å². The van der Waals surface area contributed by atoms with Gasteiger partial charge in [0.15, 0.2) is 0 Å². The van der Waals surface area contributed by atoms with E-state index in [9.17, 15) is 4.79 Å². The van der Waals surface area contributed by atoms with Gasteiger partial charge in [0.1, 0.15) is 5.25 Å². The smallest absolute Gasteiger partial charge is 0.316 e. The van der Waals surface area contributed by atoms with Crippen LogP contribution < -0.4 is 5.73 Å². The van der Waals surface area contributed by atoms with E-state index in [-0.39, 0.29) is 0 Å². The molecular weight excluding hydrogens is 266 g/mol. The average Bonchev–Trinajstić information content (AvgIpc) is 2.09. The fraction of sp³-hybridized carbons (Fsp3) is 0.222. The summed E-state index contributed by atoms with van der Waals surface area (Å²) in [6.07, 6.45) is 0. The molecule has 5 heteroatoms. The van der Waals surface area contributed by atoms with E-state index in [0.29, 0.717) is 5.69 Å². The number of aliphatic carboxylic acids is 1. The summed E-state index contributed by atoms with van der Waals surface area (Å²) in [5, 5.41) is 8.26. The number of hydrogen-bond donors (Lipinski definition) is 2. The molecular formula is C9H10BrNO2S. The summed E-state index contributed by atoms with van der Waals surface area (Å²) in [6.45, 7) is 1.65. The lowest BCUT2D eigenvalue weighted by molar-refractivity contribution is -0.136. The van der Waals surface area contributed by atoms with Crippen molar-refractivity contribution in [3.05, 3.63) is 22.7 Å². The van der Waals surface area contributed by atoms with Crippen molar-refractivity contribution in [1.29, 1.82) is 0 Å². The summed E-state index contributed by atoms with van der Waals surface area (Å²) in [4.78, 5) is 11.5. The Balaban J connectivity index is 2.82. The highest BCUT2D eigenvalue weighted by atomic mass is 79.9. The summed E-state index contributed by atoms with van der Waals surface area (Å²) in [7, 11) is 0. The Kier molecular flexibility index (Phi) is 3.83. The summed E-state index contributed by atoms with van der Waals surface area (Å²) < 4.78 is 0.829. The minimum absolute atomic E-state index is 0.463. The van der Waals surface area contributed by atoms with Gasteiger partial charge in [0, 0.05) is 15.1 Å². The van der Waals surface area contributed by atoms with Crippen molar-refractivity contribution in [2.75, 3.05) is 5.73 Å². The van der Waals surface area contributed by atoms with Crippen LogP contribution in [0.15, 0.2) is 27.6 Å². The van der Waals surface area contributed by atoms with E-state index in [1.54, 1.807) is 19.1 Å². The minimum Gasteiger partial charge on any atom is -0.480 e. The lowest BCUT2D eigenvalue weighted by Crippen LogP contribution is -2.11. The van der Waals surface area contributed by atoms with E-state index in [1.165, 1.54) is 11.8 Å². The Labute approximate surface area is 94.8 Å². The first-order valence-corrected chi connectivity index (χ1v) is 5.62. The molecule has 0 aliphatic heterocycles. The topological polar surface area (TPSA) is 63.3 Å². The second-order valence-corrected chi connectivity index (χ2v) is 5.03. The first-order chi connectivity index (χ1) is 6.50. The van der Waals surface area contributed by atoms with Crippen LogP contribution in [0.3, 0.4) is 0 Å². The average molecular weight is 276 g/mol. The Hall–Kier alpha value is -0.680. The van der Waals surface area contributed by atoms with Gasteiger partial charge < -0.3 is 10.8 Å². The number of nitrogen functional groups attached to an aromatic ring is 1. The lowest BCUT2D eigenvalue weighted by Gasteiger charge is -2.08. The molecule has 1 atom stereocenters. The van der Waals surface area contributed by atoms with Crippen LogP contribution in [-0.2, 0) is 4.79 Å². The van der Waals surface area contributed by atoms with Gasteiger partial charge in [0.05, 0.1) is 0 Å². The number of halogens is 1. The molecule has 1 rings (SSSR count). The molecule has 0 aliphatic rings. The molecule has 0 fully saturated rings. The maximum atomic E-state index is 10.6. The molecule has 0 aromatic heterocycles. The van der Waals surface area contributed by atoms with Crippen LogP contribution in [0.2, 0.25) is 0 Å². The van der Waals surface area contributed by atoms with Crippen molar-refractivity contribution in [1.82, 2.24) is 0 Å². The standard InChI is InChI=1S/C9H10BrNO2S/c1-5(9(12)13)14-8-3-2-6(11)4-7(8)10/h2-5H,11H2,1H3,(H,12,13). The van der Waals surface area contributed by atoms with Gasteiger partial charge in [-0.3, -0.25) is 4.79 Å².